The number of nitrogens with one attached hydrogen (secondary N) is 4. The van der Waals surface area contributed by atoms with E-state index >= 15 is 0 Å². The van der Waals surface area contributed by atoms with Crippen molar-refractivity contribution in [2.24, 2.45) is 11.8 Å². The zero-order valence-corrected chi connectivity index (χ0v) is 39.0. The fourth-order valence-corrected chi connectivity index (χ4v) is 9.89. The number of pyridine rings is 2. The molecular formula is C48H63N11O6. The van der Waals surface area contributed by atoms with Gasteiger partial charge in [-0.25, -0.2) is 29.5 Å². The molecule has 6 atom stereocenters. The first kappa shape index (κ1) is 45.3. The molecule has 2 unspecified atom stereocenters. The van der Waals surface area contributed by atoms with Crippen molar-refractivity contribution in [3.63, 3.8) is 0 Å². The molecule has 3 saturated heterocycles. The van der Waals surface area contributed by atoms with E-state index in [-0.39, 0.29) is 53.2 Å². The molecular weight excluding hydrogens is 827 g/mol. The molecule has 8 rings (SSSR count). The molecule has 17 heteroatoms. The second-order valence-electron chi connectivity index (χ2n) is 19.4. The molecule has 1 aromatic carbocycles. The number of anilines is 1. The highest BCUT2D eigenvalue weighted by Crippen LogP contribution is 2.48. The molecule has 5 aromatic rings. The van der Waals surface area contributed by atoms with Crippen molar-refractivity contribution < 1.29 is 28.7 Å². The van der Waals surface area contributed by atoms with E-state index in [1.165, 1.54) is 19.8 Å². The molecule has 4 aromatic heterocycles. The van der Waals surface area contributed by atoms with Gasteiger partial charge in [-0.15, -0.1) is 0 Å². The number of aromatic amines is 2. The van der Waals surface area contributed by atoms with Crippen LogP contribution in [-0.2, 0) is 24.5 Å². The lowest BCUT2D eigenvalue weighted by Crippen LogP contribution is -2.51. The summed E-state index contributed by atoms with van der Waals surface area (Å²) in [6.45, 7) is 15.4. The third kappa shape index (κ3) is 9.06. The maximum absolute atomic E-state index is 13.9. The molecule has 346 valence electrons. The number of carbonyl (C=O) groups is 4. The number of ether oxygens (including phenoxy) is 2. The topological polar surface area (TPSA) is 204 Å². The lowest BCUT2D eigenvalue weighted by molar-refractivity contribution is -0.136. The number of hydrogen-bond donors (Lipinski definition) is 4. The van der Waals surface area contributed by atoms with Crippen LogP contribution < -0.4 is 15.5 Å². The minimum atomic E-state index is -0.726. The number of carbonyl (C=O) groups excluding carboxylic acids is 4. The van der Waals surface area contributed by atoms with Gasteiger partial charge in [0.05, 0.1) is 49.4 Å². The minimum absolute atomic E-state index is 0.0109. The molecule has 3 aliphatic heterocycles. The van der Waals surface area contributed by atoms with Crippen molar-refractivity contribution in [2.75, 3.05) is 32.2 Å². The Morgan fingerprint density at radius 3 is 1.48 bits per heavy atom. The maximum Gasteiger partial charge on any atom is 0.407 e. The van der Waals surface area contributed by atoms with Crippen LogP contribution in [0.5, 0.6) is 0 Å². The Balaban J connectivity index is 1.09. The summed E-state index contributed by atoms with van der Waals surface area (Å²) in [5.74, 6) is 0.759. The third-order valence-corrected chi connectivity index (χ3v) is 13.4. The minimum Gasteiger partial charge on any atom is -0.453 e. The van der Waals surface area contributed by atoms with Crippen LogP contribution in [0, 0.1) is 11.8 Å². The van der Waals surface area contributed by atoms with Crippen molar-refractivity contribution >= 4 is 52.0 Å². The van der Waals surface area contributed by atoms with E-state index in [1.807, 2.05) is 49.9 Å². The summed E-state index contributed by atoms with van der Waals surface area (Å²) in [7, 11) is 2.59. The van der Waals surface area contributed by atoms with Gasteiger partial charge in [0.25, 0.3) is 0 Å². The van der Waals surface area contributed by atoms with Crippen molar-refractivity contribution in [3.05, 3.63) is 77.1 Å². The second kappa shape index (κ2) is 18.3. The van der Waals surface area contributed by atoms with Gasteiger partial charge in [-0.1, -0.05) is 60.6 Å². The Kier molecular flexibility index (Phi) is 12.8. The molecule has 7 heterocycles. The monoisotopic (exact) mass is 889 g/mol. The Morgan fingerprint density at radius 1 is 0.662 bits per heavy atom. The van der Waals surface area contributed by atoms with E-state index in [1.54, 1.807) is 0 Å². The van der Waals surface area contributed by atoms with Gasteiger partial charge < -0.3 is 44.8 Å². The van der Waals surface area contributed by atoms with Gasteiger partial charge in [0.2, 0.25) is 11.8 Å². The number of alkyl carbamates (subject to hydrolysis) is 2. The van der Waals surface area contributed by atoms with Crippen LogP contribution in [0.15, 0.2) is 48.8 Å². The summed E-state index contributed by atoms with van der Waals surface area (Å²) in [4.78, 5) is 84.8. The van der Waals surface area contributed by atoms with Crippen LogP contribution in [0.25, 0.3) is 22.3 Å². The van der Waals surface area contributed by atoms with Gasteiger partial charge in [0.15, 0.2) is 11.3 Å². The number of H-pyrrole nitrogens is 2. The van der Waals surface area contributed by atoms with Crippen LogP contribution in [0.3, 0.4) is 0 Å². The number of methoxy groups -OCH3 is 2. The van der Waals surface area contributed by atoms with Crippen LogP contribution >= 0.6 is 0 Å². The zero-order valence-electron chi connectivity index (χ0n) is 39.0. The van der Waals surface area contributed by atoms with Crippen molar-refractivity contribution in [1.29, 1.82) is 0 Å². The molecule has 0 bridgehead atoms. The van der Waals surface area contributed by atoms with Crippen LogP contribution in [-0.4, -0.2) is 103 Å². The highest BCUT2D eigenvalue weighted by atomic mass is 16.5. The Morgan fingerprint density at radius 2 is 1.09 bits per heavy atom. The quantitative estimate of drug-likeness (QED) is 0.101. The lowest BCUT2D eigenvalue weighted by atomic mass is 9.87. The number of aromatic nitrogens is 6. The van der Waals surface area contributed by atoms with Gasteiger partial charge in [-0.05, 0) is 96.7 Å². The molecule has 65 heavy (non-hydrogen) atoms. The van der Waals surface area contributed by atoms with Gasteiger partial charge in [-0.3, -0.25) is 9.59 Å². The number of imidazole rings is 2. The van der Waals surface area contributed by atoms with Gasteiger partial charge in [-0.2, -0.15) is 0 Å². The lowest BCUT2D eigenvalue weighted by Gasteiger charge is -2.33. The van der Waals surface area contributed by atoms with Gasteiger partial charge in [0.1, 0.15) is 23.7 Å². The van der Waals surface area contributed by atoms with E-state index in [2.05, 4.69) is 82.7 Å². The molecule has 3 aliphatic rings. The average Bonchev–Trinajstić information content (AvgIpc) is 4.14. The number of rotatable bonds is 11. The fourth-order valence-electron chi connectivity index (χ4n) is 9.89. The van der Waals surface area contributed by atoms with Crippen LogP contribution in [0.4, 0.5) is 15.3 Å². The molecule has 4 N–H and O–H groups in total. The largest absolute Gasteiger partial charge is 0.453 e. The molecule has 17 nitrogen and oxygen atoms in total. The summed E-state index contributed by atoms with van der Waals surface area (Å²) in [6, 6.07) is 11.1. The Labute approximate surface area is 379 Å². The normalized spacial score (nSPS) is 21.1. The maximum atomic E-state index is 13.9. The first-order valence-corrected chi connectivity index (χ1v) is 23.0. The molecule has 0 saturated carbocycles. The number of amides is 4. The van der Waals surface area contributed by atoms with Gasteiger partial charge >= 0.3 is 12.2 Å². The number of nitrogens with zero attached hydrogens (tertiary/aromatic N) is 7. The Bertz CT molecular complexity index is 2400. The summed E-state index contributed by atoms with van der Waals surface area (Å²) in [5.41, 5.74) is 7.16. The molecule has 4 amide bonds. The standard InChI is InChI=1S/C48H63N11O6/c1-26(2)38(53-46(62)64-8)44(60)57-20-10-12-36(57)42-51-32-22-28(24-49-40(32)55-42)34-18-19-35(59(34)31-16-14-30(15-17-31)48(5,6)7)29-23-33-41(50-25-29)56-43(52-33)37-13-11-21-58(37)45(61)39(27(3)4)54-47(63)65-9/h14-17,22-27,34-39H,10-13,18-21H2,1-9H3,(H,53,62)(H,54,63)(H,49,51,55)(H,50,52,56)/t34?,35?,36-,37-,38-,39-/m0/s1. The molecule has 0 radical (unpaired) electrons. The van der Waals surface area contributed by atoms with Crippen molar-refractivity contribution in [3.8, 4) is 0 Å². The highest BCUT2D eigenvalue weighted by Gasteiger charge is 2.41. The van der Waals surface area contributed by atoms with Crippen LogP contribution in [0.1, 0.15) is 139 Å². The predicted octanol–water partition coefficient (Wildman–Crippen LogP) is 7.70. The smallest absolute Gasteiger partial charge is 0.407 e. The molecule has 3 fully saturated rings. The fraction of sp³-hybridized carbons (Fsp3) is 0.542. The van der Waals surface area contributed by atoms with E-state index < -0.39 is 24.3 Å². The second-order valence-corrected chi connectivity index (χ2v) is 19.4. The number of hydrogen-bond acceptors (Lipinski definition) is 11. The molecule has 0 aliphatic carbocycles. The number of benzene rings is 1. The van der Waals surface area contributed by atoms with E-state index in [4.69, 9.17) is 29.4 Å². The summed E-state index contributed by atoms with van der Waals surface area (Å²) < 4.78 is 9.64. The SMILES string of the molecule is COC(=O)N[C@H](C(=O)N1CCC[C@H]1c1nc2ncc(C3CCC(c4cnc5nc([C@@H]6CCCN6C(=O)[C@@H](NC(=O)OC)C(C)C)[nH]c5c4)N3c3ccc(C(C)(C)C)cc3)cc2[nH]1)C(C)C. The van der Waals surface area contributed by atoms with Crippen molar-refractivity contribution in [2.45, 2.75) is 129 Å². The van der Waals surface area contributed by atoms with Crippen molar-refractivity contribution in [1.82, 2.24) is 50.3 Å². The van der Waals surface area contributed by atoms with E-state index in [0.29, 0.717) is 36.0 Å². The summed E-state index contributed by atoms with van der Waals surface area (Å²) in [6.07, 6.45) is 7.40. The summed E-state index contributed by atoms with van der Waals surface area (Å²) in [5, 5.41) is 5.45. The van der Waals surface area contributed by atoms with Gasteiger partial charge in [0, 0.05) is 31.2 Å². The predicted molar refractivity (Wildman–Crippen MR) is 246 cm³/mol. The summed E-state index contributed by atoms with van der Waals surface area (Å²) >= 11 is 0. The number of fused-ring (bicyclic) bond motifs is 2. The first-order chi connectivity index (χ1) is 31.1. The number of likely N-dealkylation sites (tertiary alicyclic amines) is 2. The average molecular weight is 890 g/mol. The van der Waals surface area contributed by atoms with Crippen LogP contribution in [0.2, 0.25) is 0 Å². The highest BCUT2D eigenvalue weighted by molar-refractivity contribution is 5.87. The zero-order chi connectivity index (χ0) is 46.3. The van der Waals surface area contributed by atoms with E-state index in [9.17, 15) is 19.2 Å². The molecule has 0 spiro atoms. The third-order valence-electron chi connectivity index (χ3n) is 13.4. The Hall–Kier alpha value is -6.26. The van der Waals surface area contributed by atoms with E-state index in [0.717, 1.165) is 66.4 Å². The first-order valence-electron chi connectivity index (χ1n) is 23.0.